The van der Waals surface area contributed by atoms with Crippen molar-refractivity contribution in [3.8, 4) is 0 Å². The molecule has 0 saturated heterocycles. The predicted molar refractivity (Wildman–Crippen MR) is 51.0 cm³/mol. The molecule has 3 heteroatoms. The molecule has 2 nitrogen and oxygen atoms in total. The minimum atomic E-state index is 0.711. The number of nitrogens with zero attached hydrogens (tertiary/aromatic N) is 1. The van der Waals surface area contributed by atoms with Gasteiger partial charge < -0.3 is 5.21 Å². The zero-order chi connectivity index (χ0) is 8.55. The van der Waals surface area contributed by atoms with Crippen LogP contribution in [0.15, 0.2) is 41.0 Å². The first-order valence-corrected chi connectivity index (χ1v) is 4.35. The highest BCUT2D eigenvalue weighted by Crippen LogP contribution is 2.19. The fourth-order valence-electron chi connectivity index (χ4n) is 1.09. The van der Waals surface area contributed by atoms with Gasteiger partial charge in [0, 0.05) is 4.47 Å². The van der Waals surface area contributed by atoms with Crippen LogP contribution in [0.2, 0.25) is 0 Å². The number of allylic oxidation sites excluding steroid dienone is 1. The number of hydrogen-bond acceptors (Lipinski definition) is 1. The van der Waals surface area contributed by atoms with E-state index in [1.807, 2.05) is 24.3 Å². The SMILES string of the molecule is [O-][N+]1=C(c2ccccc2Br)C=C1. The van der Waals surface area contributed by atoms with E-state index < -0.39 is 0 Å². The van der Waals surface area contributed by atoms with Crippen molar-refractivity contribution in [2.75, 3.05) is 0 Å². The lowest BCUT2D eigenvalue weighted by Gasteiger charge is -2.10. The van der Waals surface area contributed by atoms with Crippen molar-refractivity contribution in [2.24, 2.45) is 0 Å². The van der Waals surface area contributed by atoms with Gasteiger partial charge in [0.2, 0.25) is 5.71 Å². The number of rotatable bonds is 1. The summed E-state index contributed by atoms with van der Waals surface area (Å²) in [5.74, 6) is 0. The third kappa shape index (κ3) is 1.06. The van der Waals surface area contributed by atoms with Gasteiger partial charge in [0.05, 0.1) is 11.6 Å². The standard InChI is InChI=1S/C9H6BrNO/c10-8-4-2-1-3-7(8)9-5-6-11(9)12/h1-6H. The summed E-state index contributed by atoms with van der Waals surface area (Å²) in [5, 5.41) is 11.0. The fourth-order valence-corrected chi connectivity index (χ4v) is 1.58. The van der Waals surface area contributed by atoms with Gasteiger partial charge in [0.15, 0.2) is 6.20 Å². The van der Waals surface area contributed by atoms with Crippen LogP contribution in [0.1, 0.15) is 5.56 Å². The molecule has 0 N–H and O–H groups in total. The van der Waals surface area contributed by atoms with Crippen LogP contribution in [0.4, 0.5) is 0 Å². The van der Waals surface area contributed by atoms with E-state index in [2.05, 4.69) is 15.9 Å². The van der Waals surface area contributed by atoms with E-state index >= 15 is 0 Å². The number of hydroxylamine groups is 1. The van der Waals surface area contributed by atoms with Gasteiger partial charge in [0.25, 0.3) is 0 Å². The molecule has 0 spiro atoms. The van der Waals surface area contributed by atoms with Crippen molar-refractivity contribution >= 4 is 21.6 Å². The number of benzene rings is 1. The minimum Gasteiger partial charge on any atom is -0.618 e. The monoisotopic (exact) mass is 223 g/mol. The molecule has 0 aromatic heterocycles. The summed E-state index contributed by atoms with van der Waals surface area (Å²) in [5.41, 5.74) is 1.65. The molecule has 0 unspecified atom stereocenters. The molecule has 1 aliphatic heterocycles. The first kappa shape index (κ1) is 7.55. The van der Waals surface area contributed by atoms with E-state index in [1.165, 1.54) is 6.20 Å². The molecule has 1 aromatic rings. The second-order valence-electron chi connectivity index (χ2n) is 2.51. The highest BCUT2D eigenvalue weighted by molar-refractivity contribution is 9.10. The van der Waals surface area contributed by atoms with Crippen LogP contribution in [0.5, 0.6) is 0 Å². The van der Waals surface area contributed by atoms with E-state index in [4.69, 9.17) is 0 Å². The Morgan fingerprint density at radius 1 is 1.25 bits per heavy atom. The van der Waals surface area contributed by atoms with Crippen LogP contribution < -0.4 is 0 Å². The van der Waals surface area contributed by atoms with Crippen LogP contribution in [-0.4, -0.2) is 10.5 Å². The predicted octanol–water partition coefficient (Wildman–Crippen LogP) is 2.28. The molecule has 0 amide bonds. The Balaban J connectivity index is 2.48. The largest absolute Gasteiger partial charge is 0.618 e. The Kier molecular flexibility index (Phi) is 1.73. The average molecular weight is 224 g/mol. The van der Waals surface area contributed by atoms with Crippen molar-refractivity contribution in [3.05, 3.63) is 51.8 Å². The van der Waals surface area contributed by atoms with Crippen molar-refractivity contribution in [1.29, 1.82) is 0 Å². The van der Waals surface area contributed by atoms with Gasteiger partial charge in [0.1, 0.15) is 0 Å². The molecule has 0 aliphatic carbocycles. The Hall–Kier alpha value is -1.09. The van der Waals surface area contributed by atoms with Gasteiger partial charge in [-0.2, -0.15) is 4.74 Å². The summed E-state index contributed by atoms with van der Waals surface area (Å²) in [7, 11) is 0. The van der Waals surface area contributed by atoms with E-state index in [-0.39, 0.29) is 0 Å². The van der Waals surface area contributed by atoms with Crippen LogP contribution in [0, 0.1) is 5.21 Å². The smallest absolute Gasteiger partial charge is 0.230 e. The highest BCUT2D eigenvalue weighted by Gasteiger charge is 2.18. The topological polar surface area (TPSA) is 26.1 Å². The lowest BCUT2D eigenvalue weighted by Crippen LogP contribution is -2.18. The summed E-state index contributed by atoms with van der Waals surface area (Å²) in [6.45, 7) is 0. The van der Waals surface area contributed by atoms with E-state index in [0.29, 0.717) is 5.71 Å². The molecule has 60 valence electrons. The molecule has 1 heterocycles. The van der Waals surface area contributed by atoms with Gasteiger partial charge in [-0.3, -0.25) is 0 Å². The normalized spacial score (nSPS) is 14.8. The van der Waals surface area contributed by atoms with Crippen LogP contribution in [0.25, 0.3) is 0 Å². The fraction of sp³-hybridized carbons (Fsp3) is 0. The number of hydrogen-bond donors (Lipinski definition) is 0. The molecule has 1 aliphatic rings. The van der Waals surface area contributed by atoms with Crippen molar-refractivity contribution in [2.45, 2.75) is 0 Å². The molecule has 0 fully saturated rings. The molecule has 2 rings (SSSR count). The maximum atomic E-state index is 11.0. The van der Waals surface area contributed by atoms with Gasteiger partial charge in [-0.05, 0) is 28.1 Å². The summed E-state index contributed by atoms with van der Waals surface area (Å²) < 4.78 is 1.81. The van der Waals surface area contributed by atoms with Crippen LogP contribution in [0.3, 0.4) is 0 Å². The van der Waals surface area contributed by atoms with Gasteiger partial charge in [-0.1, -0.05) is 12.1 Å². The molecule has 0 radical (unpaired) electrons. The second-order valence-corrected chi connectivity index (χ2v) is 3.36. The first-order valence-electron chi connectivity index (χ1n) is 3.55. The lowest BCUT2D eigenvalue weighted by molar-refractivity contribution is -0.388. The molecular formula is C9H6BrNO. The maximum absolute atomic E-state index is 11.0. The molecule has 12 heavy (non-hydrogen) atoms. The third-order valence-electron chi connectivity index (χ3n) is 1.76. The zero-order valence-corrected chi connectivity index (χ0v) is 7.78. The van der Waals surface area contributed by atoms with E-state index in [9.17, 15) is 5.21 Å². The van der Waals surface area contributed by atoms with Gasteiger partial charge in [-0.15, -0.1) is 0 Å². The van der Waals surface area contributed by atoms with Crippen molar-refractivity contribution < 1.29 is 4.74 Å². The molecule has 0 bridgehead atoms. The molecule has 1 aromatic carbocycles. The lowest BCUT2D eigenvalue weighted by atomic mass is 10.1. The Morgan fingerprint density at radius 2 is 2.00 bits per heavy atom. The van der Waals surface area contributed by atoms with E-state index in [1.54, 1.807) is 6.08 Å². The van der Waals surface area contributed by atoms with Crippen molar-refractivity contribution in [3.63, 3.8) is 0 Å². The first-order chi connectivity index (χ1) is 5.79. The maximum Gasteiger partial charge on any atom is 0.230 e. The Labute approximate surface area is 78.6 Å². The molecule has 0 atom stereocenters. The van der Waals surface area contributed by atoms with Crippen LogP contribution in [-0.2, 0) is 0 Å². The number of halogens is 1. The summed E-state index contributed by atoms with van der Waals surface area (Å²) in [4.78, 5) is 0. The summed E-state index contributed by atoms with van der Waals surface area (Å²) in [6, 6.07) is 7.66. The summed E-state index contributed by atoms with van der Waals surface area (Å²) in [6.07, 6.45) is 3.29. The third-order valence-corrected chi connectivity index (χ3v) is 2.45. The Morgan fingerprint density at radius 3 is 2.50 bits per heavy atom. The van der Waals surface area contributed by atoms with Gasteiger partial charge >= 0.3 is 0 Å². The van der Waals surface area contributed by atoms with Gasteiger partial charge in [-0.25, -0.2) is 0 Å². The highest BCUT2D eigenvalue weighted by atomic mass is 79.9. The second kappa shape index (κ2) is 2.75. The quantitative estimate of drug-likeness (QED) is 0.530. The Bertz CT molecular complexity index is 382. The van der Waals surface area contributed by atoms with Crippen molar-refractivity contribution in [1.82, 2.24) is 0 Å². The van der Waals surface area contributed by atoms with E-state index in [0.717, 1.165) is 14.8 Å². The summed E-state index contributed by atoms with van der Waals surface area (Å²) >= 11 is 3.38. The van der Waals surface area contributed by atoms with Crippen LogP contribution >= 0.6 is 15.9 Å². The molecule has 0 saturated carbocycles. The average Bonchev–Trinajstić information content (AvgIpc) is 2.06. The molecular weight excluding hydrogens is 218 g/mol. The zero-order valence-electron chi connectivity index (χ0n) is 6.20. The minimum absolute atomic E-state index is 0.711.